The summed E-state index contributed by atoms with van der Waals surface area (Å²) in [4.78, 5) is 28.4. The Kier molecular flexibility index (Phi) is 7.34. The minimum atomic E-state index is -0.896. The summed E-state index contributed by atoms with van der Waals surface area (Å²) in [7, 11) is 1.76. The van der Waals surface area contributed by atoms with Gasteiger partial charge in [-0.25, -0.2) is 0 Å². The summed E-state index contributed by atoms with van der Waals surface area (Å²) in [6, 6.07) is 14.4. The van der Waals surface area contributed by atoms with Crippen LogP contribution in [0.2, 0.25) is 5.02 Å². The third-order valence-corrected chi connectivity index (χ3v) is 9.08. The van der Waals surface area contributed by atoms with Crippen molar-refractivity contribution in [2.75, 3.05) is 54.9 Å². The number of amides is 1. The third-order valence-electron chi connectivity index (χ3n) is 6.76. The fraction of sp³-hybridized carbons (Fsp3) is 0.370. The van der Waals surface area contributed by atoms with Crippen molar-refractivity contribution in [3.05, 3.63) is 53.7 Å². The van der Waals surface area contributed by atoms with E-state index < -0.39 is 21.4 Å². The van der Waals surface area contributed by atoms with E-state index in [4.69, 9.17) is 21.3 Å². The van der Waals surface area contributed by atoms with E-state index in [-0.39, 0.29) is 5.91 Å². The van der Waals surface area contributed by atoms with Crippen LogP contribution in [-0.2, 0) is 4.79 Å². The molecule has 1 radical (unpaired) electrons. The maximum atomic E-state index is 12.6. The van der Waals surface area contributed by atoms with Gasteiger partial charge in [0.05, 0.1) is 0 Å². The Bertz CT molecular complexity index is 1290. The third kappa shape index (κ3) is 5.57. The van der Waals surface area contributed by atoms with Crippen LogP contribution in [0.5, 0.6) is 5.75 Å². The van der Waals surface area contributed by atoms with Gasteiger partial charge < -0.3 is 0 Å². The summed E-state index contributed by atoms with van der Waals surface area (Å²) in [5, 5.41) is 3.73. The normalized spacial score (nSPS) is 17.7. The SMILES string of the molecule is CCN1CCN(c2ccc([As]c3ncc(Cl)c(Nc4ccc5c(c4)N(C)C(=O)C(C)(C)O5)n3)cc2)CC1. The summed E-state index contributed by atoms with van der Waals surface area (Å²) in [5.74, 6) is 1.10. The summed E-state index contributed by atoms with van der Waals surface area (Å²) in [6.07, 6.45) is 1.64. The van der Waals surface area contributed by atoms with E-state index >= 15 is 0 Å². The van der Waals surface area contributed by atoms with Crippen molar-refractivity contribution in [2.24, 2.45) is 0 Å². The van der Waals surface area contributed by atoms with Crippen molar-refractivity contribution in [2.45, 2.75) is 26.4 Å². The quantitative estimate of drug-likeness (QED) is 0.449. The van der Waals surface area contributed by atoms with Gasteiger partial charge in [-0.15, -0.1) is 0 Å². The number of aromatic nitrogens is 2. The van der Waals surface area contributed by atoms with Crippen LogP contribution in [0, 0.1) is 0 Å². The molecule has 0 saturated carbocycles. The molecule has 1 aromatic heterocycles. The van der Waals surface area contributed by atoms with Gasteiger partial charge in [0, 0.05) is 0 Å². The number of nitrogens with one attached hydrogen (secondary N) is 1. The zero-order valence-electron chi connectivity index (χ0n) is 21.5. The second kappa shape index (κ2) is 10.5. The van der Waals surface area contributed by atoms with Crippen molar-refractivity contribution in [1.29, 1.82) is 0 Å². The van der Waals surface area contributed by atoms with Gasteiger partial charge in [0.1, 0.15) is 0 Å². The molecule has 3 heterocycles. The molecule has 1 fully saturated rings. The summed E-state index contributed by atoms with van der Waals surface area (Å²) in [6.45, 7) is 11.2. The first-order chi connectivity index (χ1) is 17.7. The van der Waals surface area contributed by atoms with Crippen molar-refractivity contribution in [1.82, 2.24) is 14.9 Å². The molecule has 0 atom stereocenters. The number of ether oxygens (including phenoxy) is 1. The second-order valence-corrected chi connectivity index (χ2v) is 12.5. The number of rotatable bonds is 6. The van der Waals surface area contributed by atoms with E-state index in [1.165, 1.54) is 10.0 Å². The Balaban J connectivity index is 1.28. The van der Waals surface area contributed by atoms with Crippen molar-refractivity contribution in [3.63, 3.8) is 0 Å². The molecule has 0 unspecified atom stereocenters. The zero-order chi connectivity index (χ0) is 26.2. The van der Waals surface area contributed by atoms with Crippen LogP contribution >= 0.6 is 11.6 Å². The maximum absolute atomic E-state index is 12.6. The molecule has 3 aromatic rings. The molecular formula is C27H31AsClN6O2. The summed E-state index contributed by atoms with van der Waals surface area (Å²) in [5.41, 5.74) is 1.83. The predicted molar refractivity (Wildman–Crippen MR) is 151 cm³/mol. The molecule has 0 spiro atoms. The number of likely N-dealkylation sites (N-methyl/N-ethyl adjacent to an activating group) is 2. The number of carbonyl (C=O) groups excluding carboxylic acids is 1. The molecule has 10 heteroatoms. The molecule has 193 valence electrons. The van der Waals surface area contributed by atoms with Crippen molar-refractivity contribution in [3.8, 4) is 5.75 Å². The molecule has 5 rings (SSSR count). The molecule has 2 aromatic carbocycles. The second-order valence-electron chi connectivity index (χ2n) is 9.70. The average Bonchev–Trinajstić information content (AvgIpc) is 2.90. The van der Waals surface area contributed by atoms with Gasteiger partial charge in [0.2, 0.25) is 0 Å². The van der Waals surface area contributed by atoms with Gasteiger partial charge in [-0.3, -0.25) is 0 Å². The average molecular weight is 582 g/mol. The molecule has 2 aliphatic heterocycles. The molecule has 1 N–H and O–H groups in total. The molecule has 1 saturated heterocycles. The molecular weight excluding hydrogens is 551 g/mol. The van der Waals surface area contributed by atoms with E-state index in [0.29, 0.717) is 22.3 Å². The first-order valence-corrected chi connectivity index (χ1v) is 14.7. The number of hydrogen-bond acceptors (Lipinski definition) is 7. The van der Waals surface area contributed by atoms with Crippen LogP contribution in [-0.4, -0.2) is 81.9 Å². The van der Waals surface area contributed by atoms with Gasteiger partial charge in [-0.2, -0.15) is 0 Å². The van der Waals surface area contributed by atoms with Gasteiger partial charge >= 0.3 is 230 Å². The van der Waals surface area contributed by atoms with Crippen LogP contribution < -0.4 is 28.8 Å². The number of carbonyl (C=O) groups is 1. The predicted octanol–water partition coefficient (Wildman–Crippen LogP) is 2.80. The van der Waals surface area contributed by atoms with E-state index in [1.807, 2.05) is 18.2 Å². The molecule has 0 bridgehead atoms. The van der Waals surface area contributed by atoms with Gasteiger partial charge in [0.25, 0.3) is 0 Å². The minimum absolute atomic E-state index is 0.0993. The molecule has 37 heavy (non-hydrogen) atoms. The Labute approximate surface area is 229 Å². The zero-order valence-corrected chi connectivity index (χ0v) is 24.2. The van der Waals surface area contributed by atoms with Crippen LogP contribution in [0.15, 0.2) is 48.7 Å². The number of halogens is 1. The van der Waals surface area contributed by atoms with Crippen LogP contribution in [0.4, 0.5) is 22.9 Å². The van der Waals surface area contributed by atoms with E-state index in [2.05, 4.69) is 51.3 Å². The van der Waals surface area contributed by atoms with Crippen LogP contribution in [0.25, 0.3) is 0 Å². The number of piperazine rings is 1. The van der Waals surface area contributed by atoms with Gasteiger partial charge in [-0.05, 0) is 0 Å². The Hall–Kier alpha value is -2.80. The summed E-state index contributed by atoms with van der Waals surface area (Å²) >= 11 is 6.03. The van der Waals surface area contributed by atoms with Crippen LogP contribution in [0.1, 0.15) is 20.8 Å². The van der Waals surface area contributed by atoms with E-state index in [0.717, 1.165) is 43.0 Å². The fourth-order valence-corrected chi connectivity index (χ4v) is 6.39. The number of anilines is 4. The monoisotopic (exact) mass is 581 g/mol. The van der Waals surface area contributed by atoms with Gasteiger partial charge in [-0.1, -0.05) is 0 Å². The van der Waals surface area contributed by atoms with Crippen LogP contribution in [0.3, 0.4) is 0 Å². The van der Waals surface area contributed by atoms with E-state index in [1.54, 1.807) is 32.0 Å². The van der Waals surface area contributed by atoms with Crippen molar-refractivity contribution < 1.29 is 9.53 Å². The number of nitrogens with zero attached hydrogens (tertiary/aromatic N) is 5. The standard InChI is InChI=1S/C27H31AsClN6O2/c1-5-34-12-14-35(15-13-34)20-9-6-18(7-10-20)28-26-30-17-21(29)24(32-26)31-19-8-11-23-22(16-19)33(4)25(36)27(2,3)37-23/h6-11,16-17H,5,12-15H2,1-4H3,(H,30,31,32). The molecule has 2 aliphatic rings. The first kappa shape index (κ1) is 25.8. The Morgan fingerprint density at radius 2 is 1.84 bits per heavy atom. The molecule has 0 aliphatic carbocycles. The first-order valence-electron chi connectivity index (χ1n) is 12.4. The Morgan fingerprint density at radius 3 is 2.54 bits per heavy atom. The van der Waals surface area contributed by atoms with Crippen molar-refractivity contribution >= 4 is 65.1 Å². The van der Waals surface area contributed by atoms with Gasteiger partial charge in [0.15, 0.2) is 0 Å². The summed E-state index contributed by atoms with van der Waals surface area (Å²) < 4.78 is 7.90. The number of fused-ring (bicyclic) bond motifs is 1. The Morgan fingerprint density at radius 1 is 1.11 bits per heavy atom. The molecule has 1 amide bonds. The topological polar surface area (TPSA) is 73.8 Å². The van der Waals surface area contributed by atoms with E-state index in [9.17, 15) is 4.79 Å². The fourth-order valence-electron chi connectivity index (χ4n) is 4.59. The molecule has 8 nitrogen and oxygen atoms in total. The number of benzene rings is 2. The number of hydrogen-bond donors (Lipinski definition) is 1.